The molecular formula is C15H15N7O. The summed E-state index contributed by atoms with van der Waals surface area (Å²) in [6, 6.07) is 9.26. The van der Waals surface area contributed by atoms with Crippen molar-refractivity contribution in [1.82, 2.24) is 30.3 Å². The van der Waals surface area contributed by atoms with Crippen molar-refractivity contribution in [2.75, 3.05) is 5.32 Å². The first kappa shape index (κ1) is 14.6. The Morgan fingerprint density at radius 3 is 2.74 bits per heavy atom. The Morgan fingerprint density at radius 2 is 1.96 bits per heavy atom. The molecule has 0 unspecified atom stereocenters. The zero-order valence-corrected chi connectivity index (χ0v) is 12.5. The first-order valence-electron chi connectivity index (χ1n) is 7.00. The summed E-state index contributed by atoms with van der Waals surface area (Å²) in [7, 11) is 0. The molecule has 0 spiro atoms. The largest absolute Gasteiger partial charge is 0.331 e. The summed E-state index contributed by atoms with van der Waals surface area (Å²) in [5.74, 6) is 0.635. The van der Waals surface area contributed by atoms with Gasteiger partial charge in [0.2, 0.25) is 0 Å². The number of hydrogen-bond donors (Lipinski definition) is 2. The number of anilines is 1. The van der Waals surface area contributed by atoms with E-state index in [1.54, 1.807) is 10.9 Å². The first-order valence-corrected chi connectivity index (χ1v) is 7.00. The number of nitrogens with zero attached hydrogens (tertiary/aromatic N) is 5. The van der Waals surface area contributed by atoms with Crippen molar-refractivity contribution in [1.29, 1.82) is 0 Å². The Balaban J connectivity index is 1.64. The third kappa shape index (κ3) is 3.49. The van der Waals surface area contributed by atoms with E-state index in [4.69, 9.17) is 0 Å². The van der Waals surface area contributed by atoms with Crippen molar-refractivity contribution in [3.05, 3.63) is 60.4 Å². The van der Waals surface area contributed by atoms with E-state index in [0.29, 0.717) is 11.5 Å². The van der Waals surface area contributed by atoms with Crippen LogP contribution in [0.15, 0.2) is 49.1 Å². The van der Waals surface area contributed by atoms with Crippen LogP contribution in [0.4, 0.5) is 10.5 Å². The predicted molar refractivity (Wildman–Crippen MR) is 84.0 cm³/mol. The summed E-state index contributed by atoms with van der Waals surface area (Å²) in [5.41, 5.74) is 2.33. The SMILES string of the molecule is Cc1cnncc1NC(=O)NCc1ncnn1-c1ccccc1. The van der Waals surface area contributed by atoms with Gasteiger partial charge in [-0.1, -0.05) is 18.2 Å². The highest BCUT2D eigenvalue weighted by molar-refractivity contribution is 5.89. The van der Waals surface area contributed by atoms with Crippen LogP contribution in [0.3, 0.4) is 0 Å². The zero-order valence-electron chi connectivity index (χ0n) is 12.5. The molecule has 2 amide bonds. The minimum absolute atomic E-state index is 0.248. The van der Waals surface area contributed by atoms with Gasteiger partial charge in [-0.2, -0.15) is 15.3 Å². The van der Waals surface area contributed by atoms with E-state index in [9.17, 15) is 4.79 Å². The van der Waals surface area contributed by atoms with Gasteiger partial charge in [0, 0.05) is 0 Å². The van der Waals surface area contributed by atoms with Crippen LogP contribution in [0.5, 0.6) is 0 Å². The van der Waals surface area contributed by atoms with Crippen LogP contribution in [0.2, 0.25) is 0 Å². The van der Waals surface area contributed by atoms with E-state index in [-0.39, 0.29) is 12.6 Å². The lowest BCUT2D eigenvalue weighted by atomic mass is 10.3. The number of nitrogens with one attached hydrogen (secondary N) is 2. The molecule has 1 aromatic carbocycles. The standard InChI is InChI=1S/C15H15N7O/c1-11-7-18-19-8-13(11)21-15(23)16-9-14-17-10-20-22(14)12-5-3-2-4-6-12/h2-8,10H,9H2,1H3,(H2,16,18,21,23). The number of carbonyl (C=O) groups is 1. The van der Waals surface area contributed by atoms with E-state index in [0.717, 1.165) is 11.3 Å². The van der Waals surface area contributed by atoms with E-state index < -0.39 is 0 Å². The quantitative estimate of drug-likeness (QED) is 0.764. The van der Waals surface area contributed by atoms with Gasteiger partial charge in [-0.15, -0.1) is 0 Å². The number of aryl methyl sites for hydroxylation is 1. The molecule has 3 aromatic rings. The Bertz CT molecular complexity index is 800. The summed E-state index contributed by atoms with van der Waals surface area (Å²) in [6.07, 6.45) is 4.54. The first-order chi connectivity index (χ1) is 11.2. The third-order valence-corrected chi connectivity index (χ3v) is 3.20. The molecule has 2 heterocycles. The molecule has 8 nitrogen and oxygen atoms in total. The lowest BCUT2D eigenvalue weighted by molar-refractivity contribution is 0.251. The van der Waals surface area contributed by atoms with Gasteiger partial charge in [-0.25, -0.2) is 14.5 Å². The van der Waals surface area contributed by atoms with E-state index >= 15 is 0 Å². The number of benzene rings is 1. The minimum atomic E-state index is -0.344. The minimum Gasteiger partial charge on any atom is -0.331 e. The average molecular weight is 309 g/mol. The van der Waals surface area contributed by atoms with Crippen molar-refractivity contribution >= 4 is 11.7 Å². The lowest BCUT2D eigenvalue weighted by Crippen LogP contribution is -2.29. The van der Waals surface area contributed by atoms with Gasteiger partial charge >= 0.3 is 6.03 Å². The fraction of sp³-hybridized carbons (Fsp3) is 0.133. The summed E-state index contributed by atoms with van der Waals surface area (Å²) in [4.78, 5) is 16.2. The van der Waals surface area contributed by atoms with Crippen LogP contribution < -0.4 is 10.6 Å². The smallest absolute Gasteiger partial charge is 0.319 e. The maximum Gasteiger partial charge on any atom is 0.319 e. The molecule has 0 aliphatic rings. The van der Waals surface area contributed by atoms with Crippen LogP contribution in [0, 0.1) is 6.92 Å². The van der Waals surface area contributed by atoms with E-state index in [1.807, 2.05) is 37.3 Å². The molecule has 0 radical (unpaired) electrons. The van der Waals surface area contributed by atoms with Gasteiger partial charge in [0.15, 0.2) is 5.82 Å². The van der Waals surface area contributed by atoms with Gasteiger partial charge in [-0.3, -0.25) is 0 Å². The fourth-order valence-electron chi connectivity index (χ4n) is 2.01. The summed E-state index contributed by atoms with van der Waals surface area (Å²) in [6.45, 7) is 2.09. The maximum absolute atomic E-state index is 12.0. The monoisotopic (exact) mass is 309 g/mol. The molecule has 2 aromatic heterocycles. The number of para-hydroxylation sites is 1. The molecule has 0 atom stereocenters. The maximum atomic E-state index is 12.0. The van der Waals surface area contributed by atoms with Gasteiger partial charge in [0.1, 0.15) is 6.33 Å². The van der Waals surface area contributed by atoms with Gasteiger partial charge in [-0.05, 0) is 24.6 Å². The van der Waals surface area contributed by atoms with Gasteiger partial charge in [0.05, 0.1) is 30.3 Å². The van der Waals surface area contributed by atoms with Crippen LogP contribution in [0.1, 0.15) is 11.4 Å². The van der Waals surface area contributed by atoms with Crippen molar-refractivity contribution in [2.45, 2.75) is 13.5 Å². The number of urea groups is 1. The number of amides is 2. The zero-order chi connectivity index (χ0) is 16.1. The number of aromatic nitrogens is 5. The van der Waals surface area contributed by atoms with Crippen molar-refractivity contribution in [3.8, 4) is 5.69 Å². The molecule has 0 saturated heterocycles. The molecule has 8 heteroatoms. The van der Waals surface area contributed by atoms with Crippen molar-refractivity contribution < 1.29 is 4.79 Å². The number of carbonyl (C=O) groups excluding carboxylic acids is 1. The lowest BCUT2D eigenvalue weighted by Gasteiger charge is -2.09. The molecule has 3 rings (SSSR count). The van der Waals surface area contributed by atoms with Crippen LogP contribution in [0.25, 0.3) is 5.69 Å². The van der Waals surface area contributed by atoms with Gasteiger partial charge in [0.25, 0.3) is 0 Å². The molecule has 116 valence electrons. The predicted octanol–water partition coefficient (Wildman–Crippen LogP) is 1.69. The Labute approximate surface area is 132 Å². The topological polar surface area (TPSA) is 97.6 Å². The molecule has 0 aliphatic carbocycles. The summed E-state index contributed by atoms with van der Waals surface area (Å²) in [5, 5.41) is 17.1. The summed E-state index contributed by atoms with van der Waals surface area (Å²) >= 11 is 0. The van der Waals surface area contributed by atoms with Gasteiger partial charge < -0.3 is 10.6 Å². The van der Waals surface area contributed by atoms with E-state index in [1.165, 1.54) is 12.5 Å². The van der Waals surface area contributed by atoms with Crippen LogP contribution in [-0.4, -0.2) is 31.0 Å². The normalized spacial score (nSPS) is 10.3. The second-order valence-corrected chi connectivity index (χ2v) is 4.82. The van der Waals surface area contributed by atoms with Crippen LogP contribution in [-0.2, 0) is 6.54 Å². The molecule has 0 aliphatic heterocycles. The molecule has 0 fully saturated rings. The average Bonchev–Trinajstić information content (AvgIpc) is 3.04. The molecular weight excluding hydrogens is 294 g/mol. The second kappa shape index (κ2) is 6.65. The highest BCUT2D eigenvalue weighted by Gasteiger charge is 2.09. The Morgan fingerprint density at radius 1 is 1.17 bits per heavy atom. The van der Waals surface area contributed by atoms with Crippen molar-refractivity contribution in [3.63, 3.8) is 0 Å². The molecule has 2 N–H and O–H groups in total. The Kier molecular flexibility index (Phi) is 4.23. The van der Waals surface area contributed by atoms with Crippen LogP contribution >= 0.6 is 0 Å². The highest BCUT2D eigenvalue weighted by atomic mass is 16.2. The van der Waals surface area contributed by atoms with Crippen molar-refractivity contribution in [2.24, 2.45) is 0 Å². The molecule has 0 saturated carbocycles. The van der Waals surface area contributed by atoms with E-state index in [2.05, 4.69) is 30.9 Å². The number of rotatable bonds is 4. The molecule has 0 bridgehead atoms. The highest BCUT2D eigenvalue weighted by Crippen LogP contribution is 2.10. The third-order valence-electron chi connectivity index (χ3n) is 3.20. The fourth-order valence-corrected chi connectivity index (χ4v) is 2.01. The number of hydrogen-bond acceptors (Lipinski definition) is 5. The second-order valence-electron chi connectivity index (χ2n) is 4.82. The summed E-state index contributed by atoms with van der Waals surface area (Å²) < 4.78 is 1.68. The molecule has 23 heavy (non-hydrogen) atoms. The Hall–Kier alpha value is -3.29.